The molecule has 1 aliphatic rings. The summed E-state index contributed by atoms with van der Waals surface area (Å²) >= 11 is 0. The monoisotopic (exact) mass is 424 g/mol. The summed E-state index contributed by atoms with van der Waals surface area (Å²) in [6, 6.07) is 14.0. The molecule has 0 bridgehead atoms. The molecule has 1 aliphatic carbocycles. The Labute approximate surface area is 184 Å². The lowest BCUT2D eigenvalue weighted by Crippen LogP contribution is -2.51. The maximum atomic E-state index is 13.4. The van der Waals surface area contributed by atoms with Crippen molar-refractivity contribution < 1.29 is 14.0 Å². The zero-order valence-corrected chi connectivity index (χ0v) is 18.6. The van der Waals surface area contributed by atoms with Gasteiger partial charge in [0.15, 0.2) is 0 Å². The van der Waals surface area contributed by atoms with Crippen LogP contribution in [-0.2, 0) is 22.6 Å². The van der Waals surface area contributed by atoms with E-state index in [-0.39, 0.29) is 23.7 Å². The summed E-state index contributed by atoms with van der Waals surface area (Å²) in [5.41, 5.74) is 3.10. The molecular weight excluding hydrogens is 391 g/mol. The van der Waals surface area contributed by atoms with Gasteiger partial charge in [-0.25, -0.2) is 4.39 Å². The van der Waals surface area contributed by atoms with Crippen molar-refractivity contribution in [3.63, 3.8) is 0 Å². The van der Waals surface area contributed by atoms with Crippen molar-refractivity contribution in [2.24, 2.45) is 0 Å². The van der Waals surface area contributed by atoms with Crippen molar-refractivity contribution in [2.45, 2.75) is 77.4 Å². The highest BCUT2D eigenvalue weighted by molar-refractivity contribution is 5.88. The highest BCUT2D eigenvalue weighted by Crippen LogP contribution is 2.20. The first-order valence-corrected chi connectivity index (χ1v) is 11.4. The maximum absolute atomic E-state index is 13.4. The Morgan fingerprint density at radius 3 is 2.26 bits per heavy atom. The smallest absolute Gasteiger partial charge is 0.243 e. The van der Waals surface area contributed by atoms with Gasteiger partial charge in [-0.1, -0.05) is 61.7 Å². The number of benzene rings is 2. The molecule has 1 saturated carbocycles. The van der Waals surface area contributed by atoms with Crippen LogP contribution in [0.5, 0.6) is 0 Å². The van der Waals surface area contributed by atoms with Crippen LogP contribution in [0.4, 0.5) is 4.39 Å². The van der Waals surface area contributed by atoms with E-state index in [1.54, 1.807) is 17.0 Å². The lowest BCUT2D eigenvalue weighted by molar-refractivity contribution is -0.141. The summed E-state index contributed by atoms with van der Waals surface area (Å²) in [7, 11) is 0. The van der Waals surface area contributed by atoms with Gasteiger partial charge in [0.05, 0.1) is 0 Å². The zero-order chi connectivity index (χ0) is 22.2. The minimum absolute atomic E-state index is 0.0571. The predicted octanol–water partition coefficient (Wildman–Crippen LogP) is 4.93. The van der Waals surface area contributed by atoms with Crippen LogP contribution in [0.1, 0.15) is 62.1 Å². The van der Waals surface area contributed by atoms with E-state index in [1.807, 2.05) is 38.1 Å². The van der Waals surface area contributed by atoms with Gasteiger partial charge >= 0.3 is 0 Å². The fraction of sp³-hybridized carbons (Fsp3) is 0.462. The van der Waals surface area contributed by atoms with E-state index in [0.29, 0.717) is 25.8 Å². The second-order valence-corrected chi connectivity index (χ2v) is 8.55. The second kappa shape index (κ2) is 11.1. The van der Waals surface area contributed by atoms with Gasteiger partial charge in [0.1, 0.15) is 11.9 Å². The van der Waals surface area contributed by atoms with Crippen LogP contribution in [0, 0.1) is 12.7 Å². The number of aryl methyl sites for hydroxylation is 2. The molecule has 0 heterocycles. The van der Waals surface area contributed by atoms with Crippen LogP contribution in [-0.4, -0.2) is 28.8 Å². The molecule has 2 amide bonds. The number of halogens is 1. The number of carbonyl (C=O) groups is 2. The van der Waals surface area contributed by atoms with Crippen LogP contribution >= 0.6 is 0 Å². The Kier molecular flexibility index (Phi) is 8.21. The molecule has 5 heteroatoms. The third-order valence-electron chi connectivity index (χ3n) is 6.10. The average Bonchev–Trinajstić information content (AvgIpc) is 3.27. The first-order valence-electron chi connectivity index (χ1n) is 11.4. The quantitative estimate of drug-likeness (QED) is 0.620. The Balaban J connectivity index is 1.74. The Morgan fingerprint density at radius 2 is 1.65 bits per heavy atom. The number of hydrogen-bond acceptors (Lipinski definition) is 2. The van der Waals surface area contributed by atoms with Crippen molar-refractivity contribution >= 4 is 11.8 Å². The summed E-state index contributed by atoms with van der Waals surface area (Å²) in [5.74, 6) is -0.453. The first kappa shape index (κ1) is 23.0. The molecule has 2 aromatic carbocycles. The number of amides is 2. The van der Waals surface area contributed by atoms with Crippen molar-refractivity contribution in [1.82, 2.24) is 10.2 Å². The van der Waals surface area contributed by atoms with Gasteiger partial charge in [0.2, 0.25) is 11.8 Å². The third-order valence-corrected chi connectivity index (χ3v) is 6.10. The fourth-order valence-corrected chi connectivity index (χ4v) is 4.22. The number of hydrogen-bond donors (Lipinski definition) is 1. The number of carbonyl (C=O) groups excluding carboxylic acids is 2. The zero-order valence-electron chi connectivity index (χ0n) is 18.6. The molecule has 1 fully saturated rings. The number of rotatable bonds is 9. The molecule has 4 nitrogen and oxygen atoms in total. The van der Waals surface area contributed by atoms with Gasteiger partial charge in [-0.3, -0.25) is 9.59 Å². The van der Waals surface area contributed by atoms with Gasteiger partial charge < -0.3 is 10.2 Å². The molecule has 0 saturated heterocycles. The van der Waals surface area contributed by atoms with E-state index in [2.05, 4.69) is 5.32 Å². The van der Waals surface area contributed by atoms with E-state index in [4.69, 9.17) is 0 Å². The molecule has 2 aromatic rings. The summed E-state index contributed by atoms with van der Waals surface area (Å²) in [5, 5.41) is 3.15. The van der Waals surface area contributed by atoms with E-state index in [0.717, 1.165) is 36.8 Å². The molecule has 0 spiro atoms. The summed E-state index contributed by atoms with van der Waals surface area (Å²) < 4.78 is 13.4. The number of nitrogens with zero attached hydrogens (tertiary/aromatic N) is 1. The molecule has 0 unspecified atom stereocenters. The minimum atomic E-state index is -0.531. The summed E-state index contributed by atoms with van der Waals surface area (Å²) in [4.78, 5) is 28.0. The Morgan fingerprint density at radius 1 is 1.03 bits per heavy atom. The first-order chi connectivity index (χ1) is 15.0. The lowest BCUT2D eigenvalue weighted by atomic mass is 10.0. The van der Waals surface area contributed by atoms with E-state index in [1.165, 1.54) is 17.7 Å². The van der Waals surface area contributed by atoms with Crippen molar-refractivity contribution in [3.05, 3.63) is 71.0 Å². The van der Waals surface area contributed by atoms with E-state index >= 15 is 0 Å². The largest absolute Gasteiger partial charge is 0.352 e. The second-order valence-electron chi connectivity index (χ2n) is 8.55. The van der Waals surface area contributed by atoms with Crippen LogP contribution in [0.25, 0.3) is 0 Å². The van der Waals surface area contributed by atoms with Crippen molar-refractivity contribution in [3.8, 4) is 0 Å². The van der Waals surface area contributed by atoms with Crippen molar-refractivity contribution in [2.75, 3.05) is 0 Å². The molecule has 1 atom stereocenters. The molecule has 166 valence electrons. The molecule has 0 aliphatic heterocycles. The average molecular weight is 425 g/mol. The van der Waals surface area contributed by atoms with E-state index in [9.17, 15) is 14.0 Å². The van der Waals surface area contributed by atoms with Crippen LogP contribution < -0.4 is 5.32 Å². The summed E-state index contributed by atoms with van der Waals surface area (Å²) in [6.45, 7) is 4.27. The maximum Gasteiger partial charge on any atom is 0.243 e. The van der Waals surface area contributed by atoms with Gasteiger partial charge in [0, 0.05) is 19.0 Å². The minimum Gasteiger partial charge on any atom is -0.352 e. The standard InChI is InChI=1S/C26H33FN2O2/c1-3-24(26(31)28-23-6-4-5-7-23)29(18-21-12-15-22(27)16-13-21)25(30)17-14-20-10-8-19(2)9-11-20/h8-13,15-16,23-24H,3-7,14,17-18H2,1-2H3,(H,28,31)/t24-/m0/s1. The van der Waals surface area contributed by atoms with Gasteiger partial charge in [0.25, 0.3) is 0 Å². The molecule has 3 rings (SSSR count). The number of nitrogens with one attached hydrogen (secondary N) is 1. The SMILES string of the molecule is CC[C@@H](C(=O)NC1CCCC1)N(Cc1ccc(F)cc1)C(=O)CCc1ccc(C)cc1. The lowest BCUT2D eigenvalue weighted by Gasteiger charge is -2.31. The molecular formula is C26H33FN2O2. The van der Waals surface area contributed by atoms with Crippen molar-refractivity contribution in [1.29, 1.82) is 0 Å². The Bertz CT molecular complexity index is 858. The van der Waals surface area contributed by atoms with Crippen LogP contribution in [0.15, 0.2) is 48.5 Å². The van der Waals surface area contributed by atoms with E-state index < -0.39 is 6.04 Å². The topological polar surface area (TPSA) is 49.4 Å². The Hall–Kier alpha value is -2.69. The molecule has 1 N–H and O–H groups in total. The van der Waals surface area contributed by atoms with Gasteiger partial charge in [-0.05, 0) is 55.9 Å². The van der Waals surface area contributed by atoms with Crippen LogP contribution in [0.3, 0.4) is 0 Å². The fourth-order valence-electron chi connectivity index (χ4n) is 4.22. The highest BCUT2D eigenvalue weighted by atomic mass is 19.1. The predicted molar refractivity (Wildman–Crippen MR) is 121 cm³/mol. The van der Waals surface area contributed by atoms with Crippen LogP contribution in [0.2, 0.25) is 0 Å². The van der Waals surface area contributed by atoms with Gasteiger partial charge in [-0.15, -0.1) is 0 Å². The molecule has 0 radical (unpaired) electrons. The highest BCUT2D eigenvalue weighted by Gasteiger charge is 2.30. The van der Waals surface area contributed by atoms with Gasteiger partial charge in [-0.2, -0.15) is 0 Å². The molecule has 31 heavy (non-hydrogen) atoms. The normalized spacial score (nSPS) is 14.9. The molecule has 0 aromatic heterocycles. The summed E-state index contributed by atoms with van der Waals surface area (Å²) in [6.07, 6.45) is 5.77. The third kappa shape index (κ3) is 6.65.